The summed E-state index contributed by atoms with van der Waals surface area (Å²) < 4.78 is 0. The quantitative estimate of drug-likeness (QED) is 0.337. The van der Waals surface area contributed by atoms with Gasteiger partial charge in [0.25, 0.3) is 0 Å². The molecule has 0 heterocycles. The Bertz CT molecular complexity index is 76.4. The molecule has 0 radical (unpaired) electrons. The molecule has 0 unspecified atom stereocenters. The topological polar surface area (TPSA) is 64.1 Å². The molecular weight excluding hydrogens is 114 g/mol. The second-order valence-corrected chi connectivity index (χ2v) is 2.78. The molecule has 54 valence electrons. The predicted octanol–water partition coefficient (Wildman–Crippen LogP) is -0.280. The highest BCUT2D eigenvalue weighted by molar-refractivity contribution is 4.76. The number of hydrogen-bond acceptors (Lipinski definition) is 3. The van der Waals surface area contributed by atoms with Crippen molar-refractivity contribution in [3.05, 3.63) is 0 Å². The van der Waals surface area contributed by atoms with Crippen LogP contribution >= 0.6 is 0 Å². The van der Waals surface area contributed by atoms with E-state index in [1.807, 2.05) is 0 Å². The van der Waals surface area contributed by atoms with Crippen molar-refractivity contribution in [2.75, 3.05) is 0 Å². The second kappa shape index (κ2) is 3.15. The lowest BCUT2D eigenvalue weighted by Crippen LogP contribution is -2.40. The highest BCUT2D eigenvalue weighted by Crippen LogP contribution is 2.15. The summed E-state index contributed by atoms with van der Waals surface area (Å²) >= 11 is 0. The minimum atomic E-state index is 0.426. The largest absolute Gasteiger partial charge is 0.328 e. The molecule has 5 N–H and O–H groups in total. The van der Waals surface area contributed by atoms with E-state index >= 15 is 0 Å². The van der Waals surface area contributed by atoms with Crippen molar-refractivity contribution in [2.45, 2.75) is 37.8 Å². The third-order valence-corrected chi connectivity index (χ3v) is 2.01. The summed E-state index contributed by atoms with van der Waals surface area (Å²) in [6.07, 6.45) is 4.51. The van der Waals surface area contributed by atoms with Crippen LogP contribution < -0.4 is 17.0 Å². The van der Waals surface area contributed by atoms with E-state index < -0.39 is 0 Å². The first-order chi connectivity index (χ1) is 4.33. The van der Waals surface area contributed by atoms with Gasteiger partial charge in [0.2, 0.25) is 0 Å². The molecule has 1 saturated carbocycles. The summed E-state index contributed by atoms with van der Waals surface area (Å²) in [6, 6.07) is 0.944. The van der Waals surface area contributed by atoms with E-state index in [0.29, 0.717) is 12.1 Å². The van der Waals surface area contributed by atoms with Crippen molar-refractivity contribution < 1.29 is 0 Å². The van der Waals surface area contributed by atoms with Crippen molar-refractivity contribution in [1.29, 1.82) is 0 Å². The van der Waals surface area contributed by atoms with Crippen LogP contribution in [0.5, 0.6) is 0 Å². The lowest BCUT2D eigenvalue weighted by molar-refractivity contribution is 0.347. The van der Waals surface area contributed by atoms with Crippen LogP contribution in [0.25, 0.3) is 0 Å². The summed E-state index contributed by atoms with van der Waals surface area (Å²) in [5.41, 5.74) is 8.45. The molecule has 0 aromatic rings. The molecule has 9 heavy (non-hydrogen) atoms. The van der Waals surface area contributed by atoms with E-state index in [1.165, 1.54) is 0 Å². The zero-order valence-electron chi connectivity index (χ0n) is 5.64. The molecule has 1 fully saturated rings. The molecule has 3 nitrogen and oxygen atoms in total. The van der Waals surface area contributed by atoms with E-state index in [1.54, 1.807) is 0 Å². The van der Waals surface area contributed by atoms with Crippen LogP contribution in [0, 0.1) is 0 Å². The van der Waals surface area contributed by atoms with Crippen molar-refractivity contribution in [3.63, 3.8) is 0 Å². The van der Waals surface area contributed by atoms with Gasteiger partial charge >= 0.3 is 0 Å². The molecular formula is C6H15N3. The fourth-order valence-corrected chi connectivity index (χ4v) is 1.29. The molecule has 0 aromatic heterocycles. The monoisotopic (exact) mass is 129 g/mol. The first-order valence-electron chi connectivity index (χ1n) is 3.54. The SMILES string of the molecule is NN[C@H]1CC[C@H](N)CC1. The first kappa shape index (κ1) is 6.99. The van der Waals surface area contributed by atoms with Crippen molar-refractivity contribution in [2.24, 2.45) is 11.6 Å². The number of nitrogens with two attached hydrogens (primary N) is 2. The molecule has 1 aliphatic carbocycles. The molecule has 0 saturated heterocycles. The normalized spacial score (nSPS) is 36.7. The smallest absolute Gasteiger partial charge is 0.0211 e. The minimum Gasteiger partial charge on any atom is -0.328 e. The van der Waals surface area contributed by atoms with E-state index in [9.17, 15) is 0 Å². The highest BCUT2D eigenvalue weighted by Gasteiger charge is 2.16. The predicted molar refractivity (Wildman–Crippen MR) is 37.6 cm³/mol. The number of nitrogens with one attached hydrogen (secondary N) is 1. The molecule has 0 atom stereocenters. The summed E-state index contributed by atoms with van der Waals surface area (Å²) in [5, 5.41) is 0. The Balaban J connectivity index is 2.18. The van der Waals surface area contributed by atoms with Crippen LogP contribution in [-0.4, -0.2) is 12.1 Å². The second-order valence-electron chi connectivity index (χ2n) is 2.78. The average molecular weight is 129 g/mol. The van der Waals surface area contributed by atoms with Crippen LogP contribution in [0.3, 0.4) is 0 Å². The third-order valence-electron chi connectivity index (χ3n) is 2.01. The molecule has 0 aromatic carbocycles. The van der Waals surface area contributed by atoms with Gasteiger partial charge in [-0.25, -0.2) is 0 Å². The van der Waals surface area contributed by atoms with Crippen LogP contribution in [0.4, 0.5) is 0 Å². The van der Waals surface area contributed by atoms with Crippen molar-refractivity contribution in [1.82, 2.24) is 5.43 Å². The Labute approximate surface area is 55.8 Å². The number of rotatable bonds is 1. The Kier molecular flexibility index (Phi) is 2.45. The van der Waals surface area contributed by atoms with Gasteiger partial charge in [-0.15, -0.1) is 0 Å². The van der Waals surface area contributed by atoms with E-state index in [2.05, 4.69) is 5.43 Å². The molecule has 1 aliphatic rings. The summed E-state index contributed by atoms with van der Waals surface area (Å²) in [4.78, 5) is 0. The van der Waals surface area contributed by atoms with Gasteiger partial charge in [-0.3, -0.25) is 11.3 Å². The van der Waals surface area contributed by atoms with Crippen LogP contribution in [0.2, 0.25) is 0 Å². The van der Waals surface area contributed by atoms with Crippen LogP contribution in [0.15, 0.2) is 0 Å². The Morgan fingerprint density at radius 3 is 2.11 bits per heavy atom. The minimum absolute atomic E-state index is 0.426. The van der Waals surface area contributed by atoms with Gasteiger partial charge in [-0.05, 0) is 25.7 Å². The van der Waals surface area contributed by atoms with E-state index in [-0.39, 0.29) is 0 Å². The Morgan fingerprint density at radius 2 is 1.67 bits per heavy atom. The zero-order chi connectivity index (χ0) is 6.69. The fourth-order valence-electron chi connectivity index (χ4n) is 1.29. The highest BCUT2D eigenvalue weighted by atomic mass is 15.2. The molecule has 0 amide bonds. The molecule has 0 aliphatic heterocycles. The zero-order valence-corrected chi connectivity index (χ0v) is 5.64. The van der Waals surface area contributed by atoms with Crippen molar-refractivity contribution in [3.8, 4) is 0 Å². The summed E-state index contributed by atoms with van der Waals surface area (Å²) in [6.45, 7) is 0. The van der Waals surface area contributed by atoms with Gasteiger partial charge in [0, 0.05) is 12.1 Å². The maximum Gasteiger partial charge on any atom is 0.0211 e. The van der Waals surface area contributed by atoms with E-state index in [4.69, 9.17) is 11.6 Å². The summed E-state index contributed by atoms with van der Waals surface area (Å²) in [7, 11) is 0. The number of hydrogen-bond donors (Lipinski definition) is 3. The van der Waals surface area contributed by atoms with Gasteiger partial charge in [-0.2, -0.15) is 0 Å². The van der Waals surface area contributed by atoms with Crippen molar-refractivity contribution >= 4 is 0 Å². The van der Waals surface area contributed by atoms with Gasteiger partial charge in [-0.1, -0.05) is 0 Å². The fraction of sp³-hybridized carbons (Fsp3) is 1.00. The van der Waals surface area contributed by atoms with Gasteiger partial charge < -0.3 is 5.73 Å². The standard InChI is InChI=1S/C6H15N3/c7-5-1-3-6(9-8)4-2-5/h5-6,9H,1-4,7-8H2/t5-,6-. The van der Waals surface area contributed by atoms with Crippen LogP contribution in [0.1, 0.15) is 25.7 Å². The van der Waals surface area contributed by atoms with Crippen LogP contribution in [-0.2, 0) is 0 Å². The lowest BCUT2D eigenvalue weighted by atomic mass is 9.92. The first-order valence-corrected chi connectivity index (χ1v) is 3.54. The van der Waals surface area contributed by atoms with Gasteiger partial charge in [0.1, 0.15) is 0 Å². The lowest BCUT2D eigenvalue weighted by Gasteiger charge is -2.24. The number of hydrazine groups is 1. The molecule has 0 spiro atoms. The van der Waals surface area contributed by atoms with Gasteiger partial charge in [0.15, 0.2) is 0 Å². The summed E-state index contributed by atoms with van der Waals surface area (Å²) in [5.74, 6) is 5.26. The molecule has 3 heteroatoms. The average Bonchev–Trinajstić information content (AvgIpc) is 1.90. The maximum atomic E-state index is 5.68. The maximum absolute atomic E-state index is 5.68. The van der Waals surface area contributed by atoms with E-state index in [0.717, 1.165) is 25.7 Å². The Morgan fingerprint density at radius 1 is 1.11 bits per heavy atom. The molecule has 0 bridgehead atoms. The van der Waals surface area contributed by atoms with Gasteiger partial charge in [0.05, 0.1) is 0 Å². The molecule has 1 rings (SSSR count). The third kappa shape index (κ3) is 1.93. The Hall–Kier alpha value is -0.120.